The molecule has 1 aliphatic rings. The first-order valence-corrected chi connectivity index (χ1v) is 6.10. The van der Waals surface area contributed by atoms with E-state index in [4.69, 9.17) is 15.2 Å². The summed E-state index contributed by atoms with van der Waals surface area (Å²) in [6.45, 7) is 2.00. The zero-order chi connectivity index (χ0) is 13.8. The zero-order valence-corrected chi connectivity index (χ0v) is 10.7. The van der Waals surface area contributed by atoms with Crippen molar-refractivity contribution >= 4 is 23.3 Å². The number of hydrogen-bond donors (Lipinski definition) is 1. The lowest BCUT2D eigenvalue weighted by atomic mass is 10.2. The van der Waals surface area contributed by atoms with E-state index >= 15 is 0 Å². The molecular weight excluding hydrogens is 248 g/mol. The fourth-order valence-corrected chi connectivity index (χ4v) is 1.84. The number of nitrogens with zero attached hydrogens (tertiary/aromatic N) is 1. The maximum absolute atomic E-state index is 11.9. The summed E-state index contributed by atoms with van der Waals surface area (Å²) in [4.78, 5) is 24.8. The molecular formula is C13H16N2O4. The van der Waals surface area contributed by atoms with Gasteiger partial charge in [-0.25, -0.2) is 0 Å². The van der Waals surface area contributed by atoms with Crippen LogP contribution < -0.4 is 15.4 Å². The van der Waals surface area contributed by atoms with Crippen molar-refractivity contribution in [1.82, 2.24) is 0 Å². The largest absolute Gasteiger partial charge is 0.481 e. The van der Waals surface area contributed by atoms with E-state index < -0.39 is 5.97 Å². The molecule has 0 radical (unpaired) electrons. The molecule has 0 unspecified atom stereocenters. The molecule has 1 aromatic carbocycles. The Hall–Kier alpha value is -2.24. The third-order valence-corrected chi connectivity index (χ3v) is 2.71. The summed E-state index contributed by atoms with van der Waals surface area (Å²) >= 11 is 0. The second kappa shape index (κ2) is 5.60. The third-order valence-electron chi connectivity index (χ3n) is 2.71. The first-order valence-electron chi connectivity index (χ1n) is 6.10. The SMILES string of the molecule is CCCOC(=O)CN1C(=O)COc2cccc(N)c21. The predicted octanol–water partition coefficient (Wildman–Crippen LogP) is 0.947. The van der Waals surface area contributed by atoms with E-state index in [9.17, 15) is 9.59 Å². The van der Waals surface area contributed by atoms with Crippen LogP contribution in [-0.2, 0) is 14.3 Å². The minimum absolute atomic E-state index is 0.0997. The van der Waals surface area contributed by atoms with E-state index in [1.807, 2.05) is 6.92 Å². The number of ether oxygens (including phenoxy) is 2. The van der Waals surface area contributed by atoms with E-state index in [0.29, 0.717) is 23.7 Å². The van der Waals surface area contributed by atoms with Crippen LogP contribution in [0.5, 0.6) is 5.75 Å². The number of hydrogen-bond acceptors (Lipinski definition) is 5. The summed E-state index contributed by atoms with van der Waals surface area (Å²) < 4.78 is 10.3. The lowest BCUT2D eigenvalue weighted by Gasteiger charge is -2.29. The van der Waals surface area contributed by atoms with Crippen LogP contribution in [0.1, 0.15) is 13.3 Å². The van der Waals surface area contributed by atoms with Crippen molar-refractivity contribution in [3.63, 3.8) is 0 Å². The smallest absolute Gasteiger partial charge is 0.326 e. The maximum atomic E-state index is 11.9. The molecule has 2 N–H and O–H groups in total. The van der Waals surface area contributed by atoms with Crippen LogP contribution in [0.2, 0.25) is 0 Å². The topological polar surface area (TPSA) is 81.9 Å². The lowest BCUT2D eigenvalue weighted by molar-refractivity contribution is -0.143. The van der Waals surface area contributed by atoms with Gasteiger partial charge < -0.3 is 15.2 Å². The van der Waals surface area contributed by atoms with E-state index in [1.54, 1.807) is 18.2 Å². The Morgan fingerprint density at radius 3 is 3.05 bits per heavy atom. The van der Waals surface area contributed by atoms with E-state index in [-0.39, 0.29) is 19.1 Å². The molecule has 0 saturated carbocycles. The summed E-state index contributed by atoms with van der Waals surface area (Å²) in [5.74, 6) is -0.256. The molecule has 0 saturated heterocycles. The van der Waals surface area contributed by atoms with Crippen molar-refractivity contribution in [3.8, 4) is 5.75 Å². The van der Waals surface area contributed by atoms with Gasteiger partial charge >= 0.3 is 5.97 Å². The average Bonchev–Trinajstić information content (AvgIpc) is 2.40. The Bertz CT molecular complexity index is 501. The molecule has 6 heteroatoms. The van der Waals surface area contributed by atoms with Crippen LogP contribution in [0.15, 0.2) is 18.2 Å². The predicted molar refractivity (Wildman–Crippen MR) is 70.0 cm³/mol. The number of nitrogens with two attached hydrogens (primary N) is 1. The molecule has 1 amide bonds. The van der Waals surface area contributed by atoms with Gasteiger partial charge in [0.1, 0.15) is 18.0 Å². The Kier molecular flexibility index (Phi) is 3.89. The van der Waals surface area contributed by atoms with Gasteiger partial charge in [-0.3, -0.25) is 14.5 Å². The number of nitrogen functional groups attached to an aromatic ring is 1. The molecule has 102 valence electrons. The normalized spacial score (nSPS) is 13.7. The molecule has 19 heavy (non-hydrogen) atoms. The second-order valence-corrected chi connectivity index (χ2v) is 4.18. The number of anilines is 2. The number of rotatable bonds is 4. The number of benzene rings is 1. The molecule has 0 aromatic heterocycles. The van der Waals surface area contributed by atoms with Gasteiger partial charge in [-0.1, -0.05) is 13.0 Å². The summed E-state index contributed by atoms with van der Waals surface area (Å²) in [6.07, 6.45) is 0.738. The first kappa shape index (κ1) is 13.2. The van der Waals surface area contributed by atoms with Gasteiger partial charge in [-0.2, -0.15) is 0 Å². The lowest BCUT2D eigenvalue weighted by Crippen LogP contribution is -2.42. The van der Waals surface area contributed by atoms with Gasteiger partial charge in [-0.05, 0) is 18.6 Å². The molecule has 6 nitrogen and oxygen atoms in total. The minimum atomic E-state index is -0.452. The standard InChI is InChI=1S/C13H16N2O4/c1-2-6-18-12(17)7-15-11(16)8-19-10-5-3-4-9(14)13(10)15/h3-5H,2,6-8,14H2,1H3. The maximum Gasteiger partial charge on any atom is 0.326 e. The Morgan fingerprint density at radius 2 is 2.32 bits per heavy atom. The molecule has 2 rings (SSSR count). The number of esters is 1. The van der Waals surface area contributed by atoms with Gasteiger partial charge in [-0.15, -0.1) is 0 Å². The number of fused-ring (bicyclic) bond motifs is 1. The van der Waals surface area contributed by atoms with Crippen molar-refractivity contribution in [3.05, 3.63) is 18.2 Å². The molecule has 0 bridgehead atoms. The highest BCUT2D eigenvalue weighted by molar-refractivity contribution is 6.04. The third kappa shape index (κ3) is 2.78. The highest BCUT2D eigenvalue weighted by Gasteiger charge is 2.29. The Morgan fingerprint density at radius 1 is 1.53 bits per heavy atom. The second-order valence-electron chi connectivity index (χ2n) is 4.18. The molecule has 0 atom stereocenters. The molecule has 0 fully saturated rings. The minimum Gasteiger partial charge on any atom is -0.481 e. The molecule has 1 heterocycles. The fraction of sp³-hybridized carbons (Fsp3) is 0.385. The molecule has 1 aliphatic heterocycles. The van der Waals surface area contributed by atoms with Crippen molar-refractivity contribution < 1.29 is 19.1 Å². The van der Waals surface area contributed by atoms with Crippen LogP contribution in [0.4, 0.5) is 11.4 Å². The summed E-state index contributed by atoms with van der Waals surface area (Å²) in [7, 11) is 0. The average molecular weight is 264 g/mol. The highest BCUT2D eigenvalue weighted by atomic mass is 16.5. The van der Waals surface area contributed by atoms with Crippen LogP contribution in [0, 0.1) is 0 Å². The number of carbonyl (C=O) groups excluding carboxylic acids is 2. The van der Waals surface area contributed by atoms with Crippen molar-refractivity contribution in [2.24, 2.45) is 0 Å². The number of para-hydroxylation sites is 1. The molecule has 1 aromatic rings. The van der Waals surface area contributed by atoms with Gasteiger partial charge in [0.15, 0.2) is 6.61 Å². The van der Waals surface area contributed by atoms with Crippen LogP contribution >= 0.6 is 0 Å². The monoisotopic (exact) mass is 264 g/mol. The van der Waals surface area contributed by atoms with Crippen LogP contribution in [0.3, 0.4) is 0 Å². The van der Waals surface area contributed by atoms with Gasteiger partial charge in [0.25, 0.3) is 5.91 Å². The quantitative estimate of drug-likeness (QED) is 0.646. The zero-order valence-electron chi connectivity index (χ0n) is 10.7. The van der Waals surface area contributed by atoms with Crippen molar-refractivity contribution in [2.45, 2.75) is 13.3 Å². The van der Waals surface area contributed by atoms with Crippen molar-refractivity contribution in [1.29, 1.82) is 0 Å². The van der Waals surface area contributed by atoms with Crippen LogP contribution in [0.25, 0.3) is 0 Å². The Labute approximate surface area is 111 Å². The van der Waals surface area contributed by atoms with Crippen molar-refractivity contribution in [2.75, 3.05) is 30.4 Å². The van der Waals surface area contributed by atoms with E-state index in [0.717, 1.165) is 6.42 Å². The van der Waals surface area contributed by atoms with E-state index in [1.165, 1.54) is 4.90 Å². The number of carbonyl (C=O) groups is 2. The van der Waals surface area contributed by atoms with Gasteiger partial charge in [0.05, 0.1) is 12.3 Å². The van der Waals surface area contributed by atoms with Gasteiger partial charge in [0, 0.05) is 0 Å². The molecule has 0 aliphatic carbocycles. The Balaban J connectivity index is 2.21. The fourth-order valence-electron chi connectivity index (χ4n) is 1.84. The van der Waals surface area contributed by atoms with Gasteiger partial charge in [0.2, 0.25) is 0 Å². The summed E-state index contributed by atoms with van der Waals surface area (Å²) in [5, 5.41) is 0. The highest BCUT2D eigenvalue weighted by Crippen LogP contribution is 2.36. The van der Waals surface area contributed by atoms with E-state index in [2.05, 4.69) is 0 Å². The number of amides is 1. The summed E-state index contributed by atoms with van der Waals surface area (Å²) in [6, 6.07) is 5.10. The van der Waals surface area contributed by atoms with Crippen LogP contribution in [-0.4, -0.2) is 31.6 Å². The first-order chi connectivity index (χ1) is 9.13. The summed E-state index contributed by atoms with van der Waals surface area (Å²) in [5.41, 5.74) is 6.68. The molecule has 0 spiro atoms.